The first-order valence-corrected chi connectivity index (χ1v) is 14.3. The maximum absolute atomic E-state index is 14.1. The summed E-state index contributed by atoms with van der Waals surface area (Å²) < 4.78 is 0. The first-order chi connectivity index (χ1) is 19.5. The van der Waals surface area contributed by atoms with Crippen molar-refractivity contribution in [2.75, 3.05) is 13.1 Å². The van der Waals surface area contributed by atoms with Gasteiger partial charge in [0.2, 0.25) is 23.6 Å². The smallest absolute Gasteiger partial charge is 0.246 e. The maximum Gasteiger partial charge on any atom is 0.246 e. The topological polar surface area (TPSA) is 115 Å². The Morgan fingerprint density at radius 3 is 2.25 bits per heavy atom. The lowest BCUT2D eigenvalue weighted by Crippen LogP contribution is -2.56. The van der Waals surface area contributed by atoms with Gasteiger partial charge in [0.15, 0.2) is 0 Å². The standard InChI is InChI=1S/C31H35N5O4/c37-28-18-22(16-20-8-2-1-3-9-20)33-29(38)26-12-6-14-35(26)31(40)27-13-7-15-36(27)30(39)25(34-28)17-21-19-32-24-11-5-4-10-23(21)24/h1-5,8-11,19,22,25-27,32H,6-7,12-18H2,(H,33,38)(H,34,37)/t22-,25-,26-,27-/m0/s1. The van der Waals surface area contributed by atoms with Crippen LogP contribution >= 0.6 is 0 Å². The van der Waals surface area contributed by atoms with E-state index in [2.05, 4.69) is 15.6 Å². The Morgan fingerprint density at radius 1 is 0.750 bits per heavy atom. The van der Waals surface area contributed by atoms with Gasteiger partial charge < -0.3 is 25.4 Å². The Kier molecular flexibility index (Phi) is 7.28. The summed E-state index contributed by atoms with van der Waals surface area (Å²) in [5.74, 6) is -0.947. The number of nitrogens with zero attached hydrogens (tertiary/aromatic N) is 2. The molecule has 9 heteroatoms. The van der Waals surface area contributed by atoms with Gasteiger partial charge in [-0.25, -0.2) is 0 Å². The number of aromatic amines is 1. The van der Waals surface area contributed by atoms with Crippen LogP contribution in [0.2, 0.25) is 0 Å². The van der Waals surface area contributed by atoms with Gasteiger partial charge in [0.05, 0.1) is 0 Å². The van der Waals surface area contributed by atoms with Crippen molar-refractivity contribution in [1.29, 1.82) is 0 Å². The Morgan fingerprint density at radius 2 is 1.45 bits per heavy atom. The van der Waals surface area contributed by atoms with Gasteiger partial charge >= 0.3 is 0 Å². The first-order valence-electron chi connectivity index (χ1n) is 14.3. The third-order valence-corrected chi connectivity index (χ3v) is 8.49. The second-order valence-electron chi connectivity index (χ2n) is 11.2. The van der Waals surface area contributed by atoms with Crippen LogP contribution in [0.4, 0.5) is 0 Å². The summed E-state index contributed by atoms with van der Waals surface area (Å²) in [6, 6.07) is 15.1. The molecule has 0 aliphatic carbocycles. The largest absolute Gasteiger partial charge is 0.361 e. The summed E-state index contributed by atoms with van der Waals surface area (Å²) in [5.41, 5.74) is 2.88. The molecule has 4 amide bonds. The van der Waals surface area contributed by atoms with Gasteiger partial charge in [0.25, 0.3) is 0 Å². The van der Waals surface area contributed by atoms with Crippen molar-refractivity contribution in [1.82, 2.24) is 25.4 Å². The number of benzene rings is 2. The normalized spacial score (nSPS) is 26.0. The minimum Gasteiger partial charge on any atom is -0.361 e. The molecule has 208 valence electrons. The monoisotopic (exact) mass is 541 g/mol. The van der Waals surface area contributed by atoms with Gasteiger partial charge in [0, 0.05) is 49.1 Å². The number of aromatic nitrogens is 1. The van der Waals surface area contributed by atoms with E-state index in [1.165, 1.54) is 0 Å². The molecule has 0 radical (unpaired) electrons. The van der Waals surface area contributed by atoms with Gasteiger partial charge in [-0.2, -0.15) is 0 Å². The van der Waals surface area contributed by atoms with E-state index in [4.69, 9.17) is 0 Å². The molecule has 0 bridgehead atoms. The van der Waals surface area contributed by atoms with Crippen molar-refractivity contribution in [2.45, 2.75) is 69.1 Å². The molecular weight excluding hydrogens is 506 g/mol. The average Bonchev–Trinajstić information content (AvgIpc) is 3.72. The van der Waals surface area contributed by atoms with Crippen molar-refractivity contribution in [2.24, 2.45) is 0 Å². The molecular formula is C31H35N5O4. The van der Waals surface area contributed by atoms with E-state index in [-0.39, 0.29) is 30.0 Å². The third-order valence-electron chi connectivity index (χ3n) is 8.49. The van der Waals surface area contributed by atoms with Crippen molar-refractivity contribution < 1.29 is 19.2 Å². The fourth-order valence-electron chi connectivity index (χ4n) is 6.55. The molecule has 40 heavy (non-hydrogen) atoms. The highest BCUT2D eigenvalue weighted by atomic mass is 16.2. The minimum atomic E-state index is -0.830. The van der Waals surface area contributed by atoms with Gasteiger partial charge in [-0.3, -0.25) is 19.2 Å². The highest BCUT2D eigenvalue weighted by Gasteiger charge is 2.44. The van der Waals surface area contributed by atoms with Gasteiger partial charge in [-0.05, 0) is 49.3 Å². The molecule has 3 fully saturated rings. The lowest BCUT2D eigenvalue weighted by Gasteiger charge is -2.32. The quantitative estimate of drug-likeness (QED) is 0.470. The Hall–Kier alpha value is -4.14. The fourth-order valence-corrected chi connectivity index (χ4v) is 6.55. The number of amides is 4. The van der Waals surface area contributed by atoms with Crippen molar-refractivity contribution in [3.8, 4) is 0 Å². The molecule has 1 aromatic heterocycles. The van der Waals surface area contributed by atoms with Crippen LogP contribution in [0.25, 0.3) is 10.9 Å². The lowest BCUT2D eigenvalue weighted by atomic mass is 10.0. The molecule has 0 spiro atoms. The van der Waals surface area contributed by atoms with Gasteiger partial charge in [-0.15, -0.1) is 0 Å². The number of fused-ring (bicyclic) bond motifs is 3. The molecule has 6 rings (SSSR count). The second kappa shape index (κ2) is 11.2. The van der Waals surface area contributed by atoms with Crippen LogP contribution in [0.5, 0.6) is 0 Å². The van der Waals surface area contributed by atoms with Crippen molar-refractivity contribution in [3.05, 3.63) is 71.9 Å². The predicted octanol–water partition coefficient (Wildman–Crippen LogP) is 2.31. The molecule has 3 saturated heterocycles. The number of carbonyl (C=O) groups is 4. The molecule has 0 unspecified atom stereocenters. The number of hydrogen-bond acceptors (Lipinski definition) is 4. The van der Waals surface area contributed by atoms with E-state index < -0.39 is 24.2 Å². The molecule has 3 N–H and O–H groups in total. The second-order valence-corrected chi connectivity index (χ2v) is 11.2. The van der Waals surface area contributed by atoms with Crippen molar-refractivity contribution >= 4 is 34.5 Å². The summed E-state index contributed by atoms with van der Waals surface area (Å²) in [6.07, 6.45) is 5.25. The van der Waals surface area contributed by atoms with Crippen LogP contribution in [0.1, 0.15) is 43.2 Å². The van der Waals surface area contributed by atoms with Crippen molar-refractivity contribution in [3.63, 3.8) is 0 Å². The Bertz CT molecular complexity index is 1420. The zero-order valence-electron chi connectivity index (χ0n) is 22.5. The van der Waals surface area contributed by atoms with Gasteiger partial charge in [-0.1, -0.05) is 48.5 Å². The van der Waals surface area contributed by atoms with Crippen LogP contribution in [-0.2, 0) is 32.0 Å². The zero-order valence-corrected chi connectivity index (χ0v) is 22.5. The van der Waals surface area contributed by atoms with E-state index in [0.717, 1.165) is 28.5 Å². The van der Waals surface area contributed by atoms with E-state index in [1.54, 1.807) is 9.80 Å². The number of carbonyl (C=O) groups excluding carboxylic acids is 4. The molecule has 9 nitrogen and oxygen atoms in total. The molecule has 3 aliphatic heterocycles. The van der Waals surface area contributed by atoms with Crippen LogP contribution in [0.3, 0.4) is 0 Å². The van der Waals surface area contributed by atoms with E-state index >= 15 is 0 Å². The van der Waals surface area contributed by atoms with Gasteiger partial charge in [0.1, 0.15) is 18.1 Å². The molecule has 0 saturated carbocycles. The summed E-state index contributed by atoms with van der Waals surface area (Å²) in [5, 5.41) is 7.08. The van der Waals surface area contributed by atoms with Crippen LogP contribution < -0.4 is 10.6 Å². The average molecular weight is 542 g/mol. The Labute approximate surface area is 233 Å². The fraction of sp³-hybridized carbons (Fsp3) is 0.419. The highest BCUT2D eigenvalue weighted by molar-refractivity contribution is 5.96. The molecule has 4 atom stereocenters. The molecule has 4 heterocycles. The summed E-state index contributed by atoms with van der Waals surface area (Å²) in [7, 11) is 0. The van der Waals surface area contributed by atoms with E-state index in [1.807, 2.05) is 60.8 Å². The number of rotatable bonds is 4. The molecule has 3 aliphatic rings. The summed E-state index contributed by atoms with van der Waals surface area (Å²) >= 11 is 0. The first kappa shape index (κ1) is 26.1. The van der Waals surface area contributed by atoms with E-state index in [0.29, 0.717) is 45.2 Å². The Balaban J connectivity index is 1.34. The summed E-state index contributed by atoms with van der Waals surface area (Å²) in [6.45, 7) is 0.950. The number of nitrogens with one attached hydrogen (secondary N) is 3. The van der Waals surface area contributed by atoms with Crippen LogP contribution in [0, 0.1) is 0 Å². The predicted molar refractivity (Wildman–Crippen MR) is 150 cm³/mol. The number of hydrogen-bond donors (Lipinski definition) is 3. The van der Waals surface area contributed by atoms with E-state index in [9.17, 15) is 19.2 Å². The van der Waals surface area contributed by atoms with Crippen LogP contribution in [-0.4, -0.2) is 75.7 Å². The molecule has 2 aromatic carbocycles. The lowest BCUT2D eigenvalue weighted by molar-refractivity contribution is -0.147. The highest BCUT2D eigenvalue weighted by Crippen LogP contribution is 2.27. The molecule has 3 aromatic rings. The number of para-hydroxylation sites is 1. The minimum absolute atomic E-state index is 0.0302. The zero-order chi connectivity index (χ0) is 27.6. The van der Waals surface area contributed by atoms with Crippen LogP contribution in [0.15, 0.2) is 60.8 Å². The number of H-pyrrole nitrogens is 1. The third kappa shape index (κ3) is 5.20. The SMILES string of the molecule is O=C1C[C@H](Cc2ccccc2)NC(=O)[C@@H]2CCCN2C(=O)[C@@H]2CCCN2C(=O)[C@H](Cc2c[nH]c3ccccc23)N1. The summed E-state index contributed by atoms with van der Waals surface area (Å²) in [4.78, 5) is 61.4. The maximum atomic E-state index is 14.1.